The van der Waals surface area contributed by atoms with E-state index in [2.05, 4.69) is 15.0 Å². The van der Waals surface area contributed by atoms with Crippen molar-refractivity contribution in [2.45, 2.75) is 10.6 Å². The lowest BCUT2D eigenvalue weighted by Gasteiger charge is -2.14. The Labute approximate surface area is 212 Å². The molecule has 0 radical (unpaired) electrons. The van der Waals surface area contributed by atoms with Gasteiger partial charge in [-0.05, 0) is 24.3 Å². The highest BCUT2D eigenvalue weighted by atomic mass is 35.5. The van der Waals surface area contributed by atoms with Gasteiger partial charge in [0.05, 0.1) is 46.4 Å². The smallest absolute Gasteiger partial charge is 0.213 e. The molecule has 36 heavy (non-hydrogen) atoms. The molecule has 0 fully saturated rings. The second-order valence-corrected chi connectivity index (χ2v) is 10.6. The Bertz CT molecular complexity index is 1640. The number of hydrogen-bond donors (Lipinski definition) is 0. The van der Waals surface area contributed by atoms with Crippen LogP contribution in [0.25, 0.3) is 22.4 Å². The highest BCUT2D eigenvalue weighted by Crippen LogP contribution is 2.39. The number of aromatic nitrogens is 3. The van der Waals surface area contributed by atoms with Crippen LogP contribution < -0.4 is 4.74 Å². The number of pyridine rings is 2. The number of sulfone groups is 1. The van der Waals surface area contributed by atoms with Crippen molar-refractivity contribution >= 4 is 32.8 Å². The predicted molar refractivity (Wildman–Crippen MR) is 130 cm³/mol. The first kappa shape index (κ1) is 24.0. The van der Waals surface area contributed by atoms with Gasteiger partial charge in [-0.3, -0.25) is 4.98 Å². The van der Waals surface area contributed by atoms with E-state index in [1.165, 1.54) is 47.8 Å². The number of rotatable bonds is 7. The van der Waals surface area contributed by atoms with Crippen LogP contribution in [0.15, 0.2) is 81.5 Å². The fourth-order valence-electron chi connectivity index (χ4n) is 3.41. The van der Waals surface area contributed by atoms with Crippen LogP contribution in [0.4, 0.5) is 8.78 Å². The summed E-state index contributed by atoms with van der Waals surface area (Å²) >= 11 is 7.54. The summed E-state index contributed by atoms with van der Waals surface area (Å²) in [5.41, 5.74) is 3.83. The summed E-state index contributed by atoms with van der Waals surface area (Å²) in [5, 5.41) is 1.45. The highest BCUT2D eigenvalue weighted by molar-refractivity contribution is 7.90. The molecule has 0 bridgehead atoms. The number of thiazole rings is 1. The second kappa shape index (κ2) is 9.76. The molecule has 12 heteroatoms. The summed E-state index contributed by atoms with van der Waals surface area (Å²) in [7, 11) is -4.04. The Kier molecular flexibility index (Phi) is 6.52. The monoisotopic (exact) mass is 545 g/mol. The normalized spacial score (nSPS) is 11.5. The lowest BCUT2D eigenvalue weighted by atomic mass is 10.1. The zero-order valence-electron chi connectivity index (χ0n) is 18.1. The molecular weight excluding hydrogens is 532 g/mol. The van der Waals surface area contributed by atoms with E-state index in [4.69, 9.17) is 20.8 Å². The third kappa shape index (κ3) is 4.99. The minimum atomic E-state index is -4.04. The van der Waals surface area contributed by atoms with Crippen LogP contribution in [-0.4, -0.2) is 23.4 Å². The number of halogens is 3. The van der Waals surface area contributed by atoms with E-state index in [-0.39, 0.29) is 16.5 Å². The molecule has 0 saturated carbocycles. The Hall–Kier alpha value is -3.67. The molecule has 0 aliphatic rings. The quantitative estimate of drug-likeness (QED) is 0.214. The van der Waals surface area contributed by atoms with Crippen LogP contribution >= 0.6 is 22.9 Å². The van der Waals surface area contributed by atoms with E-state index in [9.17, 15) is 17.2 Å². The van der Waals surface area contributed by atoms with Crippen molar-refractivity contribution in [3.8, 4) is 33.9 Å². The summed E-state index contributed by atoms with van der Waals surface area (Å²) in [5.74, 6) is -2.07. The molecule has 4 heterocycles. The standard InChI is InChI=1S/C24H14ClF2N3O4S2/c25-18-7-23(36(31,32)12-16-11-35-13-30-16)19(26)8-21(18)34-22-9-29-20(14-1-3-28-24(27)5-14)6-17(22)15-2-4-33-10-15/h1-11,13H,12H2. The zero-order chi connectivity index (χ0) is 25.3. The van der Waals surface area contributed by atoms with E-state index in [1.54, 1.807) is 23.6 Å². The molecule has 5 rings (SSSR count). The molecule has 1 aromatic carbocycles. The molecule has 4 aromatic heterocycles. The van der Waals surface area contributed by atoms with Gasteiger partial charge in [0.2, 0.25) is 5.95 Å². The van der Waals surface area contributed by atoms with Crippen molar-refractivity contribution in [2.24, 2.45) is 0 Å². The molecule has 0 spiro atoms. The highest BCUT2D eigenvalue weighted by Gasteiger charge is 2.24. The van der Waals surface area contributed by atoms with Crippen molar-refractivity contribution < 1.29 is 26.4 Å². The minimum Gasteiger partial charge on any atom is -0.472 e. The maximum Gasteiger partial charge on any atom is 0.213 e. The Morgan fingerprint density at radius 1 is 1.03 bits per heavy atom. The van der Waals surface area contributed by atoms with Gasteiger partial charge < -0.3 is 9.15 Å². The number of nitrogens with zero attached hydrogens (tertiary/aromatic N) is 3. The molecule has 0 atom stereocenters. The van der Waals surface area contributed by atoms with E-state index in [1.807, 2.05) is 0 Å². The molecule has 0 saturated heterocycles. The predicted octanol–water partition coefficient (Wildman–Crippen LogP) is 6.56. The van der Waals surface area contributed by atoms with E-state index in [0.29, 0.717) is 28.1 Å². The Morgan fingerprint density at radius 3 is 2.61 bits per heavy atom. The van der Waals surface area contributed by atoms with Crippen LogP contribution in [0.3, 0.4) is 0 Å². The van der Waals surface area contributed by atoms with Crippen LogP contribution in [0.1, 0.15) is 5.69 Å². The van der Waals surface area contributed by atoms with E-state index in [0.717, 1.165) is 12.1 Å². The fraction of sp³-hybridized carbons (Fsp3) is 0.0417. The van der Waals surface area contributed by atoms with Crippen LogP contribution in [0.5, 0.6) is 11.5 Å². The number of hydrogen-bond acceptors (Lipinski definition) is 8. The molecular formula is C24H14ClF2N3O4S2. The maximum absolute atomic E-state index is 14.9. The molecule has 0 aliphatic carbocycles. The fourth-order valence-corrected chi connectivity index (χ4v) is 5.70. The van der Waals surface area contributed by atoms with Crippen LogP contribution in [-0.2, 0) is 15.6 Å². The van der Waals surface area contributed by atoms with Crippen molar-refractivity contribution in [2.75, 3.05) is 0 Å². The van der Waals surface area contributed by atoms with Gasteiger partial charge in [0, 0.05) is 40.4 Å². The van der Waals surface area contributed by atoms with Gasteiger partial charge in [-0.15, -0.1) is 11.3 Å². The van der Waals surface area contributed by atoms with Crippen molar-refractivity contribution in [3.63, 3.8) is 0 Å². The van der Waals surface area contributed by atoms with Crippen molar-refractivity contribution in [3.05, 3.63) is 94.7 Å². The lowest BCUT2D eigenvalue weighted by molar-refractivity contribution is 0.473. The van der Waals surface area contributed by atoms with E-state index >= 15 is 0 Å². The third-order valence-corrected chi connectivity index (χ3v) is 7.67. The third-order valence-electron chi connectivity index (χ3n) is 5.08. The Balaban J connectivity index is 1.51. The average Bonchev–Trinajstić information content (AvgIpc) is 3.56. The first-order valence-electron chi connectivity index (χ1n) is 10.2. The average molecular weight is 546 g/mol. The number of ether oxygens (including phenoxy) is 1. The SMILES string of the molecule is O=S(=O)(Cc1cscn1)c1cc(Cl)c(Oc2cnc(-c3ccnc(F)c3)cc2-c2ccoc2)cc1F. The lowest BCUT2D eigenvalue weighted by Crippen LogP contribution is -2.08. The minimum absolute atomic E-state index is 0.115. The summed E-state index contributed by atoms with van der Waals surface area (Å²) in [6.45, 7) is 0. The van der Waals surface area contributed by atoms with E-state index < -0.39 is 32.3 Å². The number of furan rings is 1. The molecule has 0 aliphatic heterocycles. The van der Waals surface area contributed by atoms with Gasteiger partial charge in [-0.2, -0.15) is 4.39 Å². The second-order valence-electron chi connectivity index (χ2n) is 7.50. The van der Waals surface area contributed by atoms with Gasteiger partial charge in [-0.1, -0.05) is 11.6 Å². The van der Waals surface area contributed by atoms with Gasteiger partial charge in [0.25, 0.3) is 0 Å². The molecule has 182 valence electrons. The topological polar surface area (TPSA) is 95.2 Å². The van der Waals surface area contributed by atoms with Crippen LogP contribution in [0, 0.1) is 11.8 Å². The summed E-state index contributed by atoms with van der Waals surface area (Å²) in [6.07, 6.45) is 5.62. The maximum atomic E-state index is 14.9. The number of benzene rings is 1. The largest absolute Gasteiger partial charge is 0.472 e. The molecule has 0 unspecified atom stereocenters. The van der Waals surface area contributed by atoms with Crippen LogP contribution in [0.2, 0.25) is 5.02 Å². The first-order valence-corrected chi connectivity index (χ1v) is 13.2. The van der Waals surface area contributed by atoms with Gasteiger partial charge >= 0.3 is 0 Å². The van der Waals surface area contributed by atoms with Crippen molar-refractivity contribution in [1.29, 1.82) is 0 Å². The Morgan fingerprint density at radius 2 is 1.89 bits per heavy atom. The van der Waals surface area contributed by atoms with Gasteiger partial charge in [0.15, 0.2) is 15.6 Å². The van der Waals surface area contributed by atoms with Gasteiger partial charge in [-0.25, -0.2) is 22.8 Å². The molecule has 0 N–H and O–H groups in total. The molecule has 0 amide bonds. The van der Waals surface area contributed by atoms with Crippen molar-refractivity contribution in [1.82, 2.24) is 15.0 Å². The molecule has 5 aromatic rings. The summed E-state index contributed by atoms with van der Waals surface area (Å²) in [4.78, 5) is 11.2. The molecule has 7 nitrogen and oxygen atoms in total. The zero-order valence-corrected chi connectivity index (χ0v) is 20.4. The summed E-state index contributed by atoms with van der Waals surface area (Å²) < 4.78 is 65.1. The first-order chi connectivity index (χ1) is 17.3. The summed E-state index contributed by atoms with van der Waals surface area (Å²) in [6, 6.07) is 8.07. The van der Waals surface area contributed by atoms with Gasteiger partial charge in [0.1, 0.15) is 16.5 Å².